The van der Waals surface area contributed by atoms with Crippen LogP contribution in [0.4, 0.5) is 13.2 Å². The van der Waals surface area contributed by atoms with Gasteiger partial charge in [0, 0.05) is 5.41 Å². The maximum atomic E-state index is 12.5. The summed E-state index contributed by atoms with van der Waals surface area (Å²) in [6.45, 7) is 0. The van der Waals surface area contributed by atoms with Crippen LogP contribution in [0.25, 0.3) is 0 Å². The van der Waals surface area contributed by atoms with E-state index in [0.717, 1.165) is 6.07 Å². The van der Waals surface area contributed by atoms with Crippen LogP contribution in [0.2, 0.25) is 5.02 Å². The normalized spacial score (nSPS) is 17.6. The average molecular weight is 279 g/mol. The SMILES string of the molecule is O=C(O)CC1(c2ccc(C(F)(F)F)c(Cl)c2)CC1. The number of benzene rings is 1. The molecule has 0 bridgehead atoms. The molecule has 1 N–H and O–H groups in total. The third-order valence-corrected chi connectivity index (χ3v) is 3.54. The van der Waals surface area contributed by atoms with Gasteiger partial charge in [-0.15, -0.1) is 0 Å². The van der Waals surface area contributed by atoms with Crippen LogP contribution in [0.15, 0.2) is 18.2 Å². The van der Waals surface area contributed by atoms with Gasteiger partial charge in [0.2, 0.25) is 0 Å². The highest BCUT2D eigenvalue weighted by atomic mass is 35.5. The Kier molecular flexibility index (Phi) is 3.05. The minimum Gasteiger partial charge on any atom is -0.481 e. The number of alkyl halides is 3. The minimum absolute atomic E-state index is 0.0747. The van der Waals surface area contributed by atoms with Crippen LogP contribution >= 0.6 is 11.6 Å². The second-order valence-corrected chi connectivity index (χ2v) is 4.95. The molecular weight excluding hydrogens is 269 g/mol. The molecule has 1 aromatic rings. The van der Waals surface area contributed by atoms with E-state index in [1.54, 1.807) is 0 Å². The van der Waals surface area contributed by atoms with Crippen molar-refractivity contribution in [3.05, 3.63) is 34.3 Å². The summed E-state index contributed by atoms with van der Waals surface area (Å²) in [7, 11) is 0. The highest BCUT2D eigenvalue weighted by molar-refractivity contribution is 6.31. The van der Waals surface area contributed by atoms with Gasteiger partial charge in [0.15, 0.2) is 0 Å². The van der Waals surface area contributed by atoms with E-state index >= 15 is 0 Å². The highest BCUT2D eigenvalue weighted by Crippen LogP contribution is 2.52. The summed E-state index contributed by atoms with van der Waals surface area (Å²) in [6, 6.07) is 3.48. The molecule has 0 aliphatic heterocycles. The lowest BCUT2D eigenvalue weighted by Crippen LogP contribution is -2.14. The van der Waals surface area contributed by atoms with E-state index in [-0.39, 0.29) is 11.4 Å². The van der Waals surface area contributed by atoms with Crippen molar-refractivity contribution < 1.29 is 23.1 Å². The van der Waals surface area contributed by atoms with Gasteiger partial charge < -0.3 is 5.11 Å². The Morgan fingerprint density at radius 1 is 1.39 bits per heavy atom. The predicted molar refractivity (Wildman–Crippen MR) is 59.6 cm³/mol. The van der Waals surface area contributed by atoms with Gasteiger partial charge in [0.1, 0.15) is 0 Å². The first kappa shape index (κ1) is 13.2. The zero-order chi connectivity index (χ0) is 13.6. The quantitative estimate of drug-likeness (QED) is 0.911. The van der Waals surface area contributed by atoms with Gasteiger partial charge in [-0.1, -0.05) is 17.7 Å². The first-order valence-corrected chi connectivity index (χ1v) is 5.71. The van der Waals surface area contributed by atoms with Crippen LogP contribution in [-0.4, -0.2) is 11.1 Å². The molecule has 0 unspecified atom stereocenters. The third kappa shape index (κ3) is 2.46. The Bertz CT molecular complexity index is 493. The van der Waals surface area contributed by atoms with E-state index in [1.807, 2.05) is 0 Å². The first-order chi connectivity index (χ1) is 8.24. The number of rotatable bonds is 3. The Balaban J connectivity index is 2.33. The van der Waals surface area contributed by atoms with E-state index in [9.17, 15) is 18.0 Å². The molecule has 18 heavy (non-hydrogen) atoms. The molecule has 1 fully saturated rings. The summed E-state index contributed by atoms with van der Waals surface area (Å²) in [4.78, 5) is 10.7. The Morgan fingerprint density at radius 3 is 2.39 bits per heavy atom. The van der Waals surface area contributed by atoms with Crippen molar-refractivity contribution in [1.82, 2.24) is 0 Å². The molecule has 1 aliphatic rings. The second kappa shape index (κ2) is 4.16. The number of carboxylic acids is 1. The molecule has 2 nitrogen and oxygen atoms in total. The number of carbonyl (C=O) groups is 1. The van der Waals surface area contributed by atoms with Crippen molar-refractivity contribution in [2.75, 3.05) is 0 Å². The molecule has 98 valence electrons. The second-order valence-electron chi connectivity index (χ2n) is 4.54. The standard InChI is InChI=1S/C12H10ClF3O2/c13-9-5-7(1-2-8(9)12(14,15)16)11(3-4-11)6-10(17)18/h1-2,5H,3-4,6H2,(H,17,18). The van der Waals surface area contributed by atoms with Crippen molar-refractivity contribution >= 4 is 17.6 Å². The molecule has 1 saturated carbocycles. The fourth-order valence-corrected chi connectivity index (χ4v) is 2.37. The van der Waals surface area contributed by atoms with Crippen molar-refractivity contribution in [3.8, 4) is 0 Å². The summed E-state index contributed by atoms with van der Waals surface area (Å²) < 4.78 is 37.6. The van der Waals surface area contributed by atoms with Crippen LogP contribution in [-0.2, 0) is 16.4 Å². The maximum absolute atomic E-state index is 12.5. The molecule has 0 atom stereocenters. The monoisotopic (exact) mass is 278 g/mol. The molecule has 1 aliphatic carbocycles. The van der Waals surface area contributed by atoms with E-state index in [0.29, 0.717) is 18.4 Å². The summed E-state index contributed by atoms with van der Waals surface area (Å²) in [5, 5.41) is 8.41. The highest BCUT2D eigenvalue weighted by Gasteiger charge is 2.46. The summed E-state index contributed by atoms with van der Waals surface area (Å²) >= 11 is 5.62. The van der Waals surface area contributed by atoms with Crippen molar-refractivity contribution in [2.45, 2.75) is 30.9 Å². The molecule has 0 amide bonds. The van der Waals surface area contributed by atoms with E-state index in [4.69, 9.17) is 16.7 Å². The Hall–Kier alpha value is -1.23. The van der Waals surface area contributed by atoms with Gasteiger partial charge in [-0.3, -0.25) is 4.79 Å². The average Bonchev–Trinajstić information content (AvgIpc) is 2.95. The van der Waals surface area contributed by atoms with Gasteiger partial charge >= 0.3 is 12.1 Å². The van der Waals surface area contributed by atoms with Crippen LogP contribution in [0, 0.1) is 0 Å². The molecular formula is C12H10ClF3O2. The number of hydrogen-bond donors (Lipinski definition) is 1. The zero-order valence-corrected chi connectivity index (χ0v) is 9.98. The largest absolute Gasteiger partial charge is 0.481 e. The van der Waals surface area contributed by atoms with Gasteiger partial charge in [0.25, 0.3) is 0 Å². The van der Waals surface area contributed by atoms with Crippen LogP contribution in [0.3, 0.4) is 0 Å². The zero-order valence-electron chi connectivity index (χ0n) is 9.22. The van der Waals surface area contributed by atoms with Crippen LogP contribution < -0.4 is 0 Å². The fraction of sp³-hybridized carbons (Fsp3) is 0.417. The molecule has 2 rings (SSSR count). The number of aliphatic carboxylic acids is 1. The topological polar surface area (TPSA) is 37.3 Å². The maximum Gasteiger partial charge on any atom is 0.417 e. The van der Waals surface area contributed by atoms with Crippen LogP contribution in [0.1, 0.15) is 30.4 Å². The summed E-state index contributed by atoms with van der Waals surface area (Å²) in [6.07, 6.45) is -3.23. The minimum atomic E-state index is -4.49. The summed E-state index contributed by atoms with van der Waals surface area (Å²) in [5.74, 6) is -0.955. The van der Waals surface area contributed by atoms with Crippen molar-refractivity contribution in [2.24, 2.45) is 0 Å². The molecule has 6 heteroatoms. The lowest BCUT2D eigenvalue weighted by molar-refractivity contribution is -0.138. The van der Waals surface area contributed by atoms with Crippen molar-refractivity contribution in [3.63, 3.8) is 0 Å². The third-order valence-electron chi connectivity index (χ3n) is 3.23. The summed E-state index contributed by atoms with van der Waals surface area (Å²) in [5.41, 5.74) is -0.846. The number of hydrogen-bond acceptors (Lipinski definition) is 1. The van der Waals surface area contributed by atoms with Gasteiger partial charge in [-0.25, -0.2) is 0 Å². The van der Waals surface area contributed by atoms with Crippen LogP contribution in [0.5, 0.6) is 0 Å². The van der Waals surface area contributed by atoms with Gasteiger partial charge in [-0.05, 0) is 30.5 Å². The first-order valence-electron chi connectivity index (χ1n) is 5.34. The Labute approximate surface area is 106 Å². The van der Waals surface area contributed by atoms with E-state index in [1.165, 1.54) is 12.1 Å². The smallest absolute Gasteiger partial charge is 0.417 e. The lowest BCUT2D eigenvalue weighted by Gasteiger charge is -2.16. The molecule has 1 aromatic carbocycles. The number of carboxylic acid groups (broad SMARTS) is 1. The van der Waals surface area contributed by atoms with Gasteiger partial charge in [0.05, 0.1) is 17.0 Å². The lowest BCUT2D eigenvalue weighted by atomic mass is 9.91. The van der Waals surface area contributed by atoms with E-state index in [2.05, 4.69) is 0 Å². The predicted octanol–water partition coefficient (Wildman–Crippen LogP) is 3.87. The molecule has 0 saturated heterocycles. The molecule has 0 radical (unpaired) electrons. The number of halogens is 4. The molecule has 0 heterocycles. The van der Waals surface area contributed by atoms with Gasteiger partial charge in [-0.2, -0.15) is 13.2 Å². The van der Waals surface area contributed by atoms with E-state index < -0.39 is 23.1 Å². The molecule has 0 spiro atoms. The van der Waals surface area contributed by atoms with Crippen molar-refractivity contribution in [1.29, 1.82) is 0 Å². The Morgan fingerprint density at radius 2 is 2.00 bits per heavy atom. The fourth-order valence-electron chi connectivity index (χ4n) is 2.08. The molecule has 0 aromatic heterocycles.